The van der Waals surface area contributed by atoms with E-state index in [0.717, 1.165) is 16.5 Å². The molecule has 1 heterocycles. The summed E-state index contributed by atoms with van der Waals surface area (Å²) in [5.74, 6) is 0.779. The van der Waals surface area contributed by atoms with Crippen molar-refractivity contribution in [3.63, 3.8) is 0 Å². The molecule has 3 heteroatoms. The van der Waals surface area contributed by atoms with Crippen LogP contribution in [0.4, 0.5) is 0 Å². The molecule has 1 aromatic heterocycles. The van der Waals surface area contributed by atoms with Gasteiger partial charge in [0.15, 0.2) is 0 Å². The first-order valence-corrected chi connectivity index (χ1v) is 7.22. The van der Waals surface area contributed by atoms with Gasteiger partial charge in [-0.2, -0.15) is 0 Å². The third-order valence-electron chi connectivity index (χ3n) is 3.63. The van der Waals surface area contributed by atoms with Gasteiger partial charge >= 0.3 is 0 Å². The van der Waals surface area contributed by atoms with Crippen LogP contribution in [0.25, 0.3) is 22.3 Å². The summed E-state index contributed by atoms with van der Waals surface area (Å²) in [5, 5.41) is 21.4. The molecule has 22 heavy (non-hydrogen) atoms. The number of phenols is 2. The summed E-state index contributed by atoms with van der Waals surface area (Å²) < 4.78 is 5.77. The summed E-state index contributed by atoms with van der Waals surface area (Å²) in [4.78, 5) is 0. The predicted molar refractivity (Wildman–Crippen MR) is 88.1 cm³/mol. The Labute approximate surface area is 129 Å². The highest BCUT2D eigenvalue weighted by Gasteiger charge is 2.13. The average molecular weight is 294 g/mol. The van der Waals surface area contributed by atoms with Crippen LogP contribution < -0.4 is 0 Å². The molecule has 3 rings (SSSR count). The summed E-state index contributed by atoms with van der Waals surface area (Å²) in [5.41, 5.74) is 3.11. The quantitative estimate of drug-likeness (QED) is 0.667. The van der Waals surface area contributed by atoms with Crippen LogP contribution >= 0.6 is 0 Å². The fourth-order valence-corrected chi connectivity index (χ4v) is 2.42. The number of fused-ring (bicyclic) bond motifs is 1. The smallest absolute Gasteiger partial charge is 0.135 e. The van der Waals surface area contributed by atoms with E-state index >= 15 is 0 Å². The first-order valence-electron chi connectivity index (χ1n) is 7.22. The topological polar surface area (TPSA) is 53.6 Å². The number of hydrogen-bond donors (Lipinski definition) is 2. The van der Waals surface area contributed by atoms with Crippen LogP contribution in [0.3, 0.4) is 0 Å². The molecule has 2 aromatic carbocycles. The van der Waals surface area contributed by atoms with Crippen LogP contribution in [0.2, 0.25) is 0 Å². The van der Waals surface area contributed by atoms with E-state index in [2.05, 4.69) is 0 Å². The Balaban J connectivity index is 2.03. The zero-order valence-corrected chi connectivity index (χ0v) is 12.6. The minimum absolute atomic E-state index is 0.0768. The normalized spacial score (nSPS) is 10.8. The first kappa shape index (κ1) is 14.3. The van der Waals surface area contributed by atoms with Crippen molar-refractivity contribution in [1.29, 1.82) is 0 Å². The third-order valence-corrected chi connectivity index (χ3v) is 3.63. The summed E-state index contributed by atoms with van der Waals surface area (Å²) in [6.45, 7) is 3.97. The predicted octanol–water partition coefficient (Wildman–Crippen LogP) is 5.02. The Morgan fingerprint density at radius 1 is 1.05 bits per heavy atom. The standard InChI is InChI=1S/C19H18O3/c1-12(2)7-8-15-16(20)9-14(10-17(15)21)19-11-13-5-3-4-6-18(13)22-19/h3-7,9-11,20-21H,8H2,1-2H3. The molecule has 0 aliphatic heterocycles. The van der Waals surface area contributed by atoms with E-state index in [-0.39, 0.29) is 11.5 Å². The lowest BCUT2D eigenvalue weighted by Gasteiger charge is -2.07. The number of rotatable bonds is 3. The van der Waals surface area contributed by atoms with Crippen molar-refractivity contribution in [3.05, 3.63) is 59.7 Å². The zero-order chi connectivity index (χ0) is 15.7. The molecule has 112 valence electrons. The molecule has 2 N–H and O–H groups in total. The molecular weight excluding hydrogens is 276 g/mol. The van der Waals surface area contributed by atoms with Crippen molar-refractivity contribution in [2.24, 2.45) is 0 Å². The molecule has 0 radical (unpaired) electrons. The molecular formula is C19H18O3. The lowest BCUT2D eigenvalue weighted by atomic mass is 10.0. The number of aromatic hydroxyl groups is 2. The van der Waals surface area contributed by atoms with E-state index in [9.17, 15) is 10.2 Å². The van der Waals surface area contributed by atoms with E-state index in [4.69, 9.17) is 4.42 Å². The Morgan fingerprint density at radius 3 is 2.36 bits per heavy atom. The monoisotopic (exact) mass is 294 g/mol. The van der Waals surface area contributed by atoms with E-state index in [0.29, 0.717) is 23.3 Å². The number of hydrogen-bond acceptors (Lipinski definition) is 3. The van der Waals surface area contributed by atoms with Gasteiger partial charge in [-0.25, -0.2) is 0 Å². The van der Waals surface area contributed by atoms with Crippen molar-refractivity contribution < 1.29 is 14.6 Å². The van der Waals surface area contributed by atoms with E-state index < -0.39 is 0 Å². The van der Waals surface area contributed by atoms with Gasteiger partial charge in [0.2, 0.25) is 0 Å². The average Bonchev–Trinajstić information content (AvgIpc) is 2.89. The molecule has 0 spiro atoms. The van der Waals surface area contributed by atoms with Gasteiger partial charge in [-0.1, -0.05) is 29.8 Å². The maximum absolute atomic E-state index is 10.2. The maximum Gasteiger partial charge on any atom is 0.135 e. The summed E-state index contributed by atoms with van der Waals surface area (Å²) >= 11 is 0. The molecule has 0 saturated heterocycles. The second-order valence-electron chi connectivity index (χ2n) is 5.63. The lowest BCUT2D eigenvalue weighted by molar-refractivity contribution is 0.441. The summed E-state index contributed by atoms with van der Waals surface area (Å²) in [6, 6.07) is 12.9. The van der Waals surface area contributed by atoms with E-state index in [1.165, 1.54) is 0 Å². The molecule has 3 aromatic rings. The molecule has 0 atom stereocenters. The molecule has 0 bridgehead atoms. The maximum atomic E-state index is 10.2. The first-order chi connectivity index (χ1) is 10.5. The second kappa shape index (κ2) is 5.60. The third kappa shape index (κ3) is 2.70. The molecule has 0 unspecified atom stereocenters. The highest BCUT2D eigenvalue weighted by atomic mass is 16.3. The number of furan rings is 1. The van der Waals surface area contributed by atoms with Gasteiger partial charge in [0, 0.05) is 16.5 Å². The van der Waals surface area contributed by atoms with Gasteiger partial charge < -0.3 is 14.6 Å². The summed E-state index contributed by atoms with van der Waals surface area (Å²) in [6.07, 6.45) is 2.47. The molecule has 0 fully saturated rings. The van der Waals surface area contributed by atoms with Crippen LogP contribution in [0.1, 0.15) is 19.4 Å². The molecule has 0 saturated carbocycles. The SMILES string of the molecule is CC(C)=CCc1c(O)cc(-c2cc3ccccc3o2)cc1O. The largest absolute Gasteiger partial charge is 0.507 e. The van der Waals surface area contributed by atoms with E-state index in [1.54, 1.807) is 12.1 Å². The van der Waals surface area contributed by atoms with Crippen LogP contribution in [-0.2, 0) is 6.42 Å². The van der Waals surface area contributed by atoms with Gasteiger partial charge in [0.25, 0.3) is 0 Å². The van der Waals surface area contributed by atoms with Crippen molar-refractivity contribution >= 4 is 11.0 Å². The zero-order valence-electron chi connectivity index (χ0n) is 12.6. The van der Waals surface area contributed by atoms with E-state index in [1.807, 2.05) is 50.3 Å². The fraction of sp³-hybridized carbons (Fsp3) is 0.158. The minimum atomic E-state index is 0.0768. The Bertz CT molecular complexity index is 796. The van der Waals surface area contributed by atoms with Gasteiger partial charge in [0.05, 0.1) is 0 Å². The number of para-hydroxylation sites is 1. The van der Waals surface area contributed by atoms with Gasteiger partial charge in [-0.15, -0.1) is 0 Å². The molecule has 0 amide bonds. The van der Waals surface area contributed by atoms with Crippen molar-refractivity contribution in [1.82, 2.24) is 0 Å². The molecule has 0 aliphatic carbocycles. The van der Waals surface area contributed by atoms with Gasteiger partial charge in [-0.3, -0.25) is 0 Å². The Morgan fingerprint density at radius 2 is 1.73 bits per heavy atom. The molecule has 3 nitrogen and oxygen atoms in total. The van der Waals surface area contributed by atoms with Crippen LogP contribution in [0.15, 0.2) is 58.5 Å². The number of phenolic OH excluding ortho intramolecular Hbond substituents is 2. The van der Waals surface area contributed by atoms with Crippen LogP contribution in [0, 0.1) is 0 Å². The van der Waals surface area contributed by atoms with Crippen LogP contribution in [-0.4, -0.2) is 10.2 Å². The van der Waals surface area contributed by atoms with Crippen molar-refractivity contribution in [3.8, 4) is 22.8 Å². The Hall–Kier alpha value is -2.68. The fourth-order valence-electron chi connectivity index (χ4n) is 2.42. The summed E-state index contributed by atoms with van der Waals surface area (Å²) in [7, 11) is 0. The lowest BCUT2D eigenvalue weighted by Crippen LogP contribution is -1.87. The van der Waals surface area contributed by atoms with Gasteiger partial charge in [0.1, 0.15) is 22.8 Å². The van der Waals surface area contributed by atoms with Gasteiger partial charge in [-0.05, 0) is 44.5 Å². The molecule has 0 aliphatic rings. The second-order valence-corrected chi connectivity index (χ2v) is 5.63. The number of allylic oxidation sites excluding steroid dienone is 2. The van der Waals surface area contributed by atoms with Crippen molar-refractivity contribution in [2.75, 3.05) is 0 Å². The minimum Gasteiger partial charge on any atom is -0.507 e. The highest BCUT2D eigenvalue weighted by Crippen LogP contribution is 2.36. The highest BCUT2D eigenvalue weighted by molar-refractivity contribution is 5.83. The number of benzene rings is 2. The Kier molecular flexibility index (Phi) is 3.63. The van der Waals surface area contributed by atoms with Crippen LogP contribution in [0.5, 0.6) is 11.5 Å². The van der Waals surface area contributed by atoms with Crippen molar-refractivity contribution in [2.45, 2.75) is 20.3 Å².